The van der Waals surface area contributed by atoms with Crippen molar-refractivity contribution in [2.45, 2.75) is 18.6 Å². The Hall–Kier alpha value is -1.66. The first-order valence-corrected chi connectivity index (χ1v) is 6.45. The highest BCUT2D eigenvalue weighted by Crippen LogP contribution is 2.30. The average molecular weight is 264 g/mol. The summed E-state index contributed by atoms with van der Waals surface area (Å²) in [7, 11) is 0. The Labute approximate surface area is 110 Å². The highest BCUT2D eigenvalue weighted by molar-refractivity contribution is 5.92. The SMILES string of the molecule is O=C(c1cccc(=O)[nH]1)N1CCCC2(C1)OCCO2. The van der Waals surface area contributed by atoms with E-state index in [4.69, 9.17) is 9.47 Å². The Morgan fingerprint density at radius 1 is 1.32 bits per heavy atom. The van der Waals surface area contributed by atoms with Crippen molar-refractivity contribution in [3.8, 4) is 0 Å². The second-order valence-corrected chi connectivity index (χ2v) is 4.87. The summed E-state index contributed by atoms with van der Waals surface area (Å²) in [4.78, 5) is 27.8. The number of carbonyl (C=O) groups is 1. The molecule has 0 saturated carbocycles. The van der Waals surface area contributed by atoms with E-state index in [9.17, 15) is 9.59 Å². The van der Waals surface area contributed by atoms with Gasteiger partial charge in [-0.15, -0.1) is 0 Å². The number of rotatable bonds is 1. The number of pyridine rings is 1. The summed E-state index contributed by atoms with van der Waals surface area (Å²) in [5, 5.41) is 0. The van der Waals surface area contributed by atoms with E-state index in [0.29, 0.717) is 32.0 Å². The first-order chi connectivity index (χ1) is 9.19. The minimum atomic E-state index is -0.636. The van der Waals surface area contributed by atoms with Gasteiger partial charge in [0.15, 0.2) is 5.79 Å². The number of hydrogen-bond acceptors (Lipinski definition) is 4. The maximum Gasteiger partial charge on any atom is 0.270 e. The van der Waals surface area contributed by atoms with Gasteiger partial charge in [-0.05, 0) is 12.5 Å². The van der Waals surface area contributed by atoms with Crippen LogP contribution >= 0.6 is 0 Å². The minimum absolute atomic E-state index is 0.184. The number of H-pyrrole nitrogens is 1. The monoisotopic (exact) mass is 264 g/mol. The fourth-order valence-electron chi connectivity index (χ4n) is 2.64. The molecule has 102 valence electrons. The van der Waals surface area contributed by atoms with Crippen LogP contribution in [0.25, 0.3) is 0 Å². The standard InChI is InChI=1S/C13H16N2O4/c16-11-4-1-3-10(14-11)12(17)15-6-2-5-13(9-15)18-7-8-19-13/h1,3-4H,2,5-9H2,(H,14,16). The molecule has 3 heterocycles. The van der Waals surface area contributed by atoms with E-state index in [1.807, 2.05) is 0 Å². The molecule has 0 radical (unpaired) electrons. The Morgan fingerprint density at radius 2 is 2.11 bits per heavy atom. The minimum Gasteiger partial charge on any atom is -0.346 e. The van der Waals surface area contributed by atoms with Crippen LogP contribution in [-0.4, -0.2) is 47.9 Å². The maximum absolute atomic E-state index is 12.3. The summed E-state index contributed by atoms with van der Waals surface area (Å²) in [6.07, 6.45) is 1.64. The Morgan fingerprint density at radius 3 is 2.84 bits per heavy atom. The molecule has 1 N–H and O–H groups in total. The number of carbonyl (C=O) groups excluding carboxylic acids is 1. The van der Waals surface area contributed by atoms with Gasteiger partial charge in [0, 0.05) is 19.0 Å². The van der Waals surface area contributed by atoms with Gasteiger partial charge in [0.25, 0.3) is 5.91 Å². The van der Waals surface area contributed by atoms with Crippen molar-refractivity contribution >= 4 is 5.91 Å². The van der Waals surface area contributed by atoms with Gasteiger partial charge in [-0.1, -0.05) is 6.07 Å². The van der Waals surface area contributed by atoms with Crippen molar-refractivity contribution in [2.75, 3.05) is 26.3 Å². The Bertz CT molecular complexity index is 533. The number of piperidine rings is 1. The summed E-state index contributed by atoms with van der Waals surface area (Å²) in [5.74, 6) is -0.820. The van der Waals surface area contributed by atoms with Crippen LogP contribution in [-0.2, 0) is 9.47 Å². The van der Waals surface area contributed by atoms with Crippen molar-refractivity contribution in [2.24, 2.45) is 0 Å². The lowest BCUT2D eigenvalue weighted by atomic mass is 10.0. The lowest BCUT2D eigenvalue weighted by molar-refractivity contribution is -0.183. The van der Waals surface area contributed by atoms with Crippen LogP contribution in [0.1, 0.15) is 23.3 Å². The van der Waals surface area contributed by atoms with Gasteiger partial charge in [0.2, 0.25) is 5.56 Å². The van der Waals surface area contributed by atoms with Crippen LogP contribution in [0.4, 0.5) is 0 Å². The molecule has 2 aliphatic rings. The molecule has 0 aromatic carbocycles. The van der Waals surface area contributed by atoms with Crippen LogP contribution in [0.5, 0.6) is 0 Å². The number of nitrogens with one attached hydrogen (secondary N) is 1. The molecule has 0 unspecified atom stereocenters. The van der Waals surface area contributed by atoms with Crippen LogP contribution in [0, 0.1) is 0 Å². The summed E-state index contributed by atoms with van der Waals surface area (Å²) < 4.78 is 11.3. The predicted octanol–water partition coefficient (Wildman–Crippen LogP) is 0.354. The van der Waals surface area contributed by atoms with Gasteiger partial charge < -0.3 is 19.4 Å². The van der Waals surface area contributed by atoms with Crippen LogP contribution < -0.4 is 5.56 Å². The van der Waals surface area contributed by atoms with Gasteiger partial charge in [-0.2, -0.15) is 0 Å². The molecule has 0 atom stereocenters. The van der Waals surface area contributed by atoms with E-state index in [2.05, 4.69) is 4.98 Å². The molecule has 1 aromatic rings. The third kappa shape index (κ3) is 2.41. The van der Waals surface area contributed by atoms with E-state index in [-0.39, 0.29) is 11.5 Å². The van der Waals surface area contributed by atoms with Gasteiger partial charge >= 0.3 is 0 Å². The first-order valence-electron chi connectivity index (χ1n) is 6.45. The van der Waals surface area contributed by atoms with Crippen molar-refractivity contribution in [3.63, 3.8) is 0 Å². The van der Waals surface area contributed by atoms with Gasteiger partial charge in [-0.3, -0.25) is 9.59 Å². The first kappa shape index (κ1) is 12.4. The normalized spacial score (nSPS) is 21.8. The largest absolute Gasteiger partial charge is 0.346 e. The van der Waals surface area contributed by atoms with Gasteiger partial charge in [0.05, 0.1) is 19.8 Å². The van der Waals surface area contributed by atoms with E-state index in [0.717, 1.165) is 12.8 Å². The average Bonchev–Trinajstić information content (AvgIpc) is 2.86. The number of aromatic nitrogens is 1. The summed E-state index contributed by atoms with van der Waals surface area (Å²) in [6, 6.07) is 4.58. The molecule has 1 amide bonds. The third-order valence-electron chi connectivity index (χ3n) is 3.52. The fraction of sp³-hybridized carbons (Fsp3) is 0.538. The van der Waals surface area contributed by atoms with Crippen molar-refractivity contribution in [1.29, 1.82) is 0 Å². The fourth-order valence-corrected chi connectivity index (χ4v) is 2.64. The van der Waals surface area contributed by atoms with Crippen LogP contribution in [0.15, 0.2) is 23.0 Å². The van der Waals surface area contributed by atoms with Gasteiger partial charge in [-0.25, -0.2) is 0 Å². The highest BCUT2D eigenvalue weighted by atomic mass is 16.7. The molecule has 1 spiro atoms. The van der Waals surface area contributed by atoms with Gasteiger partial charge in [0.1, 0.15) is 5.69 Å². The maximum atomic E-state index is 12.3. The molecule has 1 aromatic heterocycles. The summed E-state index contributed by atoms with van der Waals surface area (Å²) >= 11 is 0. The summed E-state index contributed by atoms with van der Waals surface area (Å²) in [5.41, 5.74) is 0.0356. The van der Waals surface area contributed by atoms with Crippen molar-refractivity contribution in [3.05, 3.63) is 34.2 Å². The van der Waals surface area contributed by atoms with Crippen LogP contribution in [0.3, 0.4) is 0 Å². The molecule has 6 heteroatoms. The molecule has 2 fully saturated rings. The molecule has 3 rings (SSSR count). The number of likely N-dealkylation sites (tertiary alicyclic amines) is 1. The number of nitrogens with zero attached hydrogens (tertiary/aromatic N) is 1. The quantitative estimate of drug-likeness (QED) is 0.794. The van der Waals surface area contributed by atoms with E-state index in [1.165, 1.54) is 6.07 Å². The number of aromatic amines is 1. The third-order valence-corrected chi connectivity index (χ3v) is 3.52. The second kappa shape index (κ2) is 4.79. The zero-order valence-corrected chi connectivity index (χ0v) is 10.6. The molecule has 2 saturated heterocycles. The predicted molar refractivity (Wildman–Crippen MR) is 66.8 cm³/mol. The molecule has 2 aliphatic heterocycles. The zero-order valence-electron chi connectivity index (χ0n) is 10.6. The molecule has 0 bridgehead atoms. The second-order valence-electron chi connectivity index (χ2n) is 4.87. The lowest BCUT2D eigenvalue weighted by Gasteiger charge is -2.38. The van der Waals surface area contributed by atoms with E-state index < -0.39 is 5.79 Å². The molecular weight excluding hydrogens is 248 g/mol. The van der Waals surface area contributed by atoms with Crippen molar-refractivity contribution in [1.82, 2.24) is 9.88 Å². The molecule has 19 heavy (non-hydrogen) atoms. The zero-order chi connectivity index (χ0) is 13.3. The lowest BCUT2D eigenvalue weighted by Crippen LogP contribution is -2.51. The Balaban J connectivity index is 1.78. The van der Waals surface area contributed by atoms with E-state index in [1.54, 1.807) is 17.0 Å². The van der Waals surface area contributed by atoms with Crippen molar-refractivity contribution < 1.29 is 14.3 Å². The highest BCUT2D eigenvalue weighted by Gasteiger charge is 2.42. The molecule has 0 aliphatic carbocycles. The number of hydrogen-bond donors (Lipinski definition) is 1. The summed E-state index contributed by atoms with van der Waals surface area (Å²) in [6.45, 7) is 2.22. The van der Waals surface area contributed by atoms with E-state index >= 15 is 0 Å². The molecular formula is C13H16N2O4. The van der Waals surface area contributed by atoms with Crippen LogP contribution in [0.2, 0.25) is 0 Å². The molecule has 6 nitrogen and oxygen atoms in total. The Kier molecular flexibility index (Phi) is 3.12. The number of amides is 1. The smallest absolute Gasteiger partial charge is 0.270 e. The number of ether oxygens (including phenoxy) is 2. The topological polar surface area (TPSA) is 71.6 Å².